The van der Waals surface area contributed by atoms with Gasteiger partial charge in [-0.1, -0.05) is 21.3 Å². The maximum absolute atomic E-state index is 3.93. The molecule has 0 bridgehead atoms. The fraction of sp³-hybridized carbons (Fsp3) is 0.444. The molecule has 1 rings (SSSR count). The first-order valence-corrected chi connectivity index (χ1v) is 3.20. The van der Waals surface area contributed by atoms with Crippen molar-refractivity contribution in [2.75, 3.05) is 0 Å². The summed E-state index contributed by atoms with van der Waals surface area (Å²) in [5.41, 5.74) is 1.35. The van der Waals surface area contributed by atoms with Gasteiger partial charge in [0.1, 0.15) is 0 Å². The molecule has 10 heavy (non-hydrogen) atoms. The van der Waals surface area contributed by atoms with Crippen LogP contribution in [0.25, 0.3) is 0 Å². The SMILES string of the molecule is C.CC(C)c1ccncc1. The smallest absolute Gasteiger partial charge is 0.0270 e. The van der Waals surface area contributed by atoms with Gasteiger partial charge in [0.15, 0.2) is 0 Å². The summed E-state index contributed by atoms with van der Waals surface area (Å²) >= 11 is 0. The molecule has 0 saturated carbocycles. The third-order valence-electron chi connectivity index (χ3n) is 1.37. The molecule has 0 aromatic carbocycles. The van der Waals surface area contributed by atoms with Crippen LogP contribution in [0.5, 0.6) is 0 Å². The van der Waals surface area contributed by atoms with Crippen LogP contribution in [0.3, 0.4) is 0 Å². The normalized spacial score (nSPS) is 9.10. The van der Waals surface area contributed by atoms with E-state index in [1.807, 2.05) is 24.5 Å². The molecule has 0 aliphatic heterocycles. The van der Waals surface area contributed by atoms with E-state index in [-0.39, 0.29) is 7.43 Å². The van der Waals surface area contributed by atoms with E-state index in [9.17, 15) is 0 Å². The molecule has 1 heterocycles. The molecular weight excluding hydrogens is 122 g/mol. The van der Waals surface area contributed by atoms with Crippen molar-refractivity contribution in [2.24, 2.45) is 0 Å². The van der Waals surface area contributed by atoms with Crippen LogP contribution in [-0.2, 0) is 0 Å². The van der Waals surface area contributed by atoms with Crippen molar-refractivity contribution in [3.05, 3.63) is 30.1 Å². The lowest BCUT2D eigenvalue weighted by molar-refractivity contribution is 0.863. The Kier molecular flexibility index (Phi) is 3.70. The molecule has 1 aromatic rings. The van der Waals surface area contributed by atoms with Crippen molar-refractivity contribution in [2.45, 2.75) is 27.2 Å². The highest BCUT2D eigenvalue weighted by Crippen LogP contribution is 2.10. The molecule has 0 aliphatic carbocycles. The van der Waals surface area contributed by atoms with Crippen LogP contribution in [0.1, 0.15) is 32.8 Å². The van der Waals surface area contributed by atoms with Crippen molar-refractivity contribution in [3.8, 4) is 0 Å². The molecule has 0 fully saturated rings. The molecule has 56 valence electrons. The molecule has 0 atom stereocenters. The monoisotopic (exact) mass is 137 g/mol. The molecule has 1 nitrogen and oxygen atoms in total. The fourth-order valence-corrected chi connectivity index (χ4v) is 0.748. The second kappa shape index (κ2) is 4.04. The minimum absolute atomic E-state index is 0. The first-order valence-electron chi connectivity index (χ1n) is 3.20. The van der Waals surface area contributed by atoms with Gasteiger partial charge in [0, 0.05) is 12.4 Å². The highest BCUT2D eigenvalue weighted by atomic mass is 14.6. The summed E-state index contributed by atoms with van der Waals surface area (Å²) in [4.78, 5) is 3.93. The average molecular weight is 137 g/mol. The summed E-state index contributed by atoms with van der Waals surface area (Å²) < 4.78 is 0. The number of rotatable bonds is 1. The van der Waals surface area contributed by atoms with Gasteiger partial charge >= 0.3 is 0 Å². The summed E-state index contributed by atoms with van der Waals surface area (Å²) in [6.45, 7) is 4.35. The summed E-state index contributed by atoms with van der Waals surface area (Å²) in [5, 5.41) is 0. The summed E-state index contributed by atoms with van der Waals surface area (Å²) in [6.07, 6.45) is 3.66. The third-order valence-corrected chi connectivity index (χ3v) is 1.37. The van der Waals surface area contributed by atoms with E-state index in [2.05, 4.69) is 18.8 Å². The summed E-state index contributed by atoms with van der Waals surface area (Å²) in [7, 11) is 0. The Bertz CT molecular complexity index is 167. The van der Waals surface area contributed by atoms with E-state index in [4.69, 9.17) is 0 Å². The van der Waals surface area contributed by atoms with Crippen LogP contribution in [-0.4, -0.2) is 4.98 Å². The van der Waals surface area contributed by atoms with E-state index in [1.54, 1.807) is 0 Å². The second-order valence-electron chi connectivity index (χ2n) is 2.44. The molecule has 0 N–H and O–H groups in total. The standard InChI is InChI=1S/C8H11N.CH4/c1-7(2)8-3-5-9-6-4-8;/h3-7H,1-2H3;1H4. The lowest BCUT2D eigenvalue weighted by atomic mass is 10.1. The second-order valence-corrected chi connectivity index (χ2v) is 2.44. The van der Waals surface area contributed by atoms with Crippen LogP contribution in [0.15, 0.2) is 24.5 Å². The van der Waals surface area contributed by atoms with Crippen molar-refractivity contribution < 1.29 is 0 Å². The van der Waals surface area contributed by atoms with E-state index >= 15 is 0 Å². The van der Waals surface area contributed by atoms with Gasteiger partial charge in [-0.2, -0.15) is 0 Å². The molecule has 0 spiro atoms. The van der Waals surface area contributed by atoms with E-state index < -0.39 is 0 Å². The van der Waals surface area contributed by atoms with Crippen molar-refractivity contribution in [3.63, 3.8) is 0 Å². The number of hydrogen-bond acceptors (Lipinski definition) is 1. The van der Waals surface area contributed by atoms with E-state index in [1.165, 1.54) is 5.56 Å². The molecule has 0 aliphatic rings. The summed E-state index contributed by atoms with van der Waals surface area (Å²) in [5.74, 6) is 0.619. The Labute approximate surface area is 63.1 Å². The van der Waals surface area contributed by atoms with E-state index in [0.717, 1.165) is 0 Å². The number of pyridine rings is 1. The first kappa shape index (κ1) is 9.15. The van der Waals surface area contributed by atoms with Crippen LogP contribution < -0.4 is 0 Å². The predicted octanol–water partition coefficient (Wildman–Crippen LogP) is 2.84. The lowest BCUT2D eigenvalue weighted by Gasteiger charge is -2.01. The first-order chi connectivity index (χ1) is 4.30. The van der Waals surface area contributed by atoms with Crippen LogP contribution >= 0.6 is 0 Å². The van der Waals surface area contributed by atoms with Gasteiger partial charge in [-0.05, 0) is 23.6 Å². The van der Waals surface area contributed by atoms with E-state index in [0.29, 0.717) is 5.92 Å². The number of aromatic nitrogens is 1. The highest BCUT2D eigenvalue weighted by molar-refractivity contribution is 5.13. The van der Waals surface area contributed by atoms with Gasteiger partial charge < -0.3 is 0 Å². The average Bonchev–Trinajstić information content (AvgIpc) is 1.90. The largest absolute Gasteiger partial charge is 0.265 e. The molecule has 0 unspecified atom stereocenters. The van der Waals surface area contributed by atoms with Crippen LogP contribution in [0.4, 0.5) is 0 Å². The van der Waals surface area contributed by atoms with Gasteiger partial charge in [0.2, 0.25) is 0 Å². The Morgan fingerprint density at radius 1 is 1.20 bits per heavy atom. The van der Waals surface area contributed by atoms with Crippen LogP contribution in [0, 0.1) is 0 Å². The topological polar surface area (TPSA) is 12.9 Å². The van der Waals surface area contributed by atoms with Gasteiger partial charge in [-0.25, -0.2) is 0 Å². The van der Waals surface area contributed by atoms with Crippen LogP contribution in [0.2, 0.25) is 0 Å². The molecule has 0 saturated heterocycles. The molecular formula is C9H15N. The lowest BCUT2D eigenvalue weighted by Crippen LogP contribution is -1.85. The Hall–Kier alpha value is -0.850. The van der Waals surface area contributed by atoms with Gasteiger partial charge in [0.25, 0.3) is 0 Å². The predicted molar refractivity (Wildman–Crippen MR) is 45.1 cm³/mol. The third kappa shape index (κ3) is 2.18. The maximum atomic E-state index is 3.93. The Morgan fingerprint density at radius 2 is 1.70 bits per heavy atom. The fourth-order valence-electron chi connectivity index (χ4n) is 0.748. The molecule has 0 amide bonds. The number of nitrogens with zero attached hydrogens (tertiary/aromatic N) is 1. The number of hydrogen-bond donors (Lipinski definition) is 0. The van der Waals surface area contributed by atoms with Gasteiger partial charge in [-0.15, -0.1) is 0 Å². The Morgan fingerprint density at radius 3 is 2.00 bits per heavy atom. The van der Waals surface area contributed by atoms with Crippen molar-refractivity contribution in [1.29, 1.82) is 0 Å². The molecule has 0 radical (unpaired) electrons. The minimum Gasteiger partial charge on any atom is -0.265 e. The Balaban J connectivity index is 0.000000810. The maximum Gasteiger partial charge on any atom is 0.0270 e. The minimum atomic E-state index is 0. The summed E-state index contributed by atoms with van der Waals surface area (Å²) in [6, 6.07) is 4.09. The van der Waals surface area contributed by atoms with Crippen molar-refractivity contribution in [1.82, 2.24) is 4.98 Å². The quantitative estimate of drug-likeness (QED) is 0.580. The van der Waals surface area contributed by atoms with Gasteiger partial charge in [0.05, 0.1) is 0 Å². The highest BCUT2D eigenvalue weighted by Gasteiger charge is 1.93. The zero-order valence-electron chi connectivity index (χ0n) is 5.83. The van der Waals surface area contributed by atoms with Crippen molar-refractivity contribution >= 4 is 0 Å². The zero-order valence-corrected chi connectivity index (χ0v) is 5.83. The molecule has 1 heteroatoms. The van der Waals surface area contributed by atoms with Gasteiger partial charge in [-0.3, -0.25) is 4.98 Å². The molecule has 1 aromatic heterocycles. The zero-order chi connectivity index (χ0) is 6.69.